The van der Waals surface area contributed by atoms with Crippen LogP contribution in [-0.2, 0) is 21.6 Å². The molecule has 0 spiro atoms. The van der Waals surface area contributed by atoms with E-state index in [1.807, 2.05) is 33.7 Å². The molecule has 0 heterocycles. The minimum Gasteiger partial charge on any atom is -0.461 e. The van der Waals surface area contributed by atoms with Crippen LogP contribution in [0.15, 0.2) is 24.3 Å². The Morgan fingerprint density at radius 3 is 2.17 bits per heavy atom. The quantitative estimate of drug-likeness (QED) is 0.308. The van der Waals surface area contributed by atoms with Gasteiger partial charge >= 0.3 is 5.97 Å². The summed E-state index contributed by atoms with van der Waals surface area (Å²) in [5, 5.41) is 0. The average Bonchev–Trinajstić information content (AvgIpc) is 2.47. The molecule has 0 N–H and O–H groups in total. The first kappa shape index (κ1) is 21.4. The lowest BCUT2D eigenvalue weighted by atomic mass is 9.87. The van der Waals surface area contributed by atoms with E-state index in [1.54, 1.807) is 0 Å². The number of carbonyl (C=O) groups excluding carboxylic acids is 1. The molecule has 4 heteroatoms. The molecule has 1 aromatic rings. The summed E-state index contributed by atoms with van der Waals surface area (Å²) in [6.45, 7) is 13.7. The van der Waals surface area contributed by atoms with Crippen molar-refractivity contribution in [2.24, 2.45) is 5.41 Å². The van der Waals surface area contributed by atoms with E-state index < -0.39 is 0 Å². The van der Waals surface area contributed by atoms with Crippen LogP contribution in [0.3, 0.4) is 0 Å². The number of benzene rings is 1. The first-order valence-electron chi connectivity index (χ1n) is 8.57. The Balaban J connectivity index is 2.18. The van der Waals surface area contributed by atoms with E-state index in [2.05, 4.69) is 53.7 Å². The van der Waals surface area contributed by atoms with Gasteiger partial charge in [-0.3, -0.25) is 4.79 Å². The molecule has 136 valence electrons. The van der Waals surface area contributed by atoms with Crippen molar-refractivity contribution < 1.29 is 9.53 Å². The van der Waals surface area contributed by atoms with E-state index >= 15 is 0 Å². The highest BCUT2D eigenvalue weighted by molar-refractivity contribution is 8.76. The van der Waals surface area contributed by atoms with Gasteiger partial charge < -0.3 is 4.74 Å². The fourth-order valence-corrected chi connectivity index (χ4v) is 4.72. The van der Waals surface area contributed by atoms with Crippen LogP contribution in [0.4, 0.5) is 0 Å². The number of rotatable bonds is 8. The zero-order valence-corrected chi connectivity index (χ0v) is 17.6. The van der Waals surface area contributed by atoms with Gasteiger partial charge in [-0.05, 0) is 28.4 Å². The van der Waals surface area contributed by atoms with E-state index in [1.165, 1.54) is 5.56 Å². The third kappa shape index (κ3) is 9.63. The van der Waals surface area contributed by atoms with Gasteiger partial charge in [0.25, 0.3) is 0 Å². The predicted octanol–water partition coefficient (Wildman–Crippen LogP) is 6.24. The van der Waals surface area contributed by atoms with E-state index in [0.717, 1.165) is 23.5 Å². The molecule has 0 bridgehead atoms. The molecule has 0 aliphatic heterocycles. The summed E-state index contributed by atoms with van der Waals surface area (Å²) in [5.41, 5.74) is 2.85. The van der Waals surface area contributed by atoms with Crippen molar-refractivity contribution in [1.29, 1.82) is 0 Å². The Labute approximate surface area is 155 Å². The predicted molar refractivity (Wildman–Crippen MR) is 109 cm³/mol. The van der Waals surface area contributed by atoms with Gasteiger partial charge in [0.15, 0.2) is 0 Å². The van der Waals surface area contributed by atoms with Crippen molar-refractivity contribution in [3.8, 4) is 0 Å². The molecule has 0 aliphatic rings. The summed E-state index contributed by atoms with van der Waals surface area (Å²) in [6.07, 6.45) is 1.38. The third-order valence-corrected chi connectivity index (χ3v) is 6.36. The summed E-state index contributed by atoms with van der Waals surface area (Å²) < 4.78 is 5.36. The van der Waals surface area contributed by atoms with Crippen molar-refractivity contribution >= 4 is 27.6 Å². The van der Waals surface area contributed by atoms with Gasteiger partial charge in [0, 0.05) is 17.9 Å². The second-order valence-electron chi connectivity index (χ2n) is 8.36. The van der Waals surface area contributed by atoms with Gasteiger partial charge in [-0.15, -0.1) is 0 Å². The molecule has 0 unspecified atom stereocenters. The van der Waals surface area contributed by atoms with Crippen LogP contribution in [0.2, 0.25) is 0 Å². The fraction of sp³-hybridized carbons (Fsp3) is 0.650. The lowest BCUT2D eigenvalue weighted by Crippen LogP contribution is -2.11. The summed E-state index contributed by atoms with van der Waals surface area (Å²) in [6, 6.07) is 8.33. The molecule has 0 saturated heterocycles. The number of ether oxygens (including phenoxy) is 1. The standard InChI is InChI=1S/C20H32O2S2/c1-19(2,3)15-24-23-13-7-8-18(21)22-14-16-9-11-17(12-10-16)20(4,5)6/h9-12H,7-8,13-15H2,1-6H3. The van der Waals surface area contributed by atoms with Gasteiger partial charge in [0.05, 0.1) is 0 Å². The Morgan fingerprint density at radius 2 is 1.62 bits per heavy atom. The summed E-state index contributed by atoms with van der Waals surface area (Å²) in [4.78, 5) is 11.8. The largest absolute Gasteiger partial charge is 0.461 e. The zero-order valence-electron chi connectivity index (χ0n) is 16.0. The Hall–Kier alpha value is -0.610. The summed E-state index contributed by atoms with van der Waals surface area (Å²) in [5.74, 6) is 2.03. The van der Waals surface area contributed by atoms with Crippen molar-refractivity contribution in [3.63, 3.8) is 0 Å². The fourth-order valence-electron chi connectivity index (χ4n) is 1.89. The molecular formula is C20H32O2S2. The average molecular weight is 369 g/mol. The molecule has 2 nitrogen and oxygen atoms in total. The van der Waals surface area contributed by atoms with Gasteiger partial charge in [0.2, 0.25) is 0 Å². The minimum absolute atomic E-state index is 0.101. The van der Waals surface area contributed by atoms with E-state index in [4.69, 9.17) is 4.74 Å². The van der Waals surface area contributed by atoms with Crippen LogP contribution in [0.25, 0.3) is 0 Å². The molecule has 0 radical (unpaired) electrons. The molecular weight excluding hydrogens is 336 g/mol. The molecule has 1 aromatic carbocycles. The summed E-state index contributed by atoms with van der Waals surface area (Å²) >= 11 is 0. The molecule has 0 amide bonds. The van der Waals surface area contributed by atoms with Gasteiger partial charge in [-0.2, -0.15) is 0 Å². The second-order valence-corrected chi connectivity index (χ2v) is 10.9. The number of hydrogen-bond donors (Lipinski definition) is 0. The normalized spacial score (nSPS) is 12.2. The van der Waals surface area contributed by atoms with Crippen LogP contribution in [0.5, 0.6) is 0 Å². The highest BCUT2D eigenvalue weighted by atomic mass is 33.1. The third-order valence-electron chi connectivity index (χ3n) is 3.40. The highest BCUT2D eigenvalue weighted by Gasteiger charge is 2.13. The number of esters is 1. The zero-order chi connectivity index (χ0) is 18.2. The molecule has 1 rings (SSSR count). The van der Waals surface area contributed by atoms with E-state index in [9.17, 15) is 4.79 Å². The monoisotopic (exact) mass is 368 g/mol. The molecule has 24 heavy (non-hydrogen) atoms. The first-order valence-corrected chi connectivity index (χ1v) is 11.1. The van der Waals surface area contributed by atoms with Crippen molar-refractivity contribution in [2.75, 3.05) is 11.5 Å². The number of hydrogen-bond acceptors (Lipinski definition) is 4. The lowest BCUT2D eigenvalue weighted by Gasteiger charge is -2.19. The topological polar surface area (TPSA) is 26.3 Å². The van der Waals surface area contributed by atoms with Crippen LogP contribution < -0.4 is 0 Å². The smallest absolute Gasteiger partial charge is 0.306 e. The van der Waals surface area contributed by atoms with Crippen molar-refractivity contribution in [2.45, 2.75) is 66.4 Å². The second kappa shape index (κ2) is 9.76. The van der Waals surface area contributed by atoms with Crippen LogP contribution in [-0.4, -0.2) is 17.5 Å². The molecule has 0 aromatic heterocycles. The van der Waals surface area contributed by atoms with Gasteiger partial charge in [-0.25, -0.2) is 0 Å². The maximum Gasteiger partial charge on any atom is 0.306 e. The SMILES string of the molecule is CC(C)(C)CSSCCCC(=O)OCc1ccc(C(C)(C)C)cc1. The molecule has 0 atom stereocenters. The van der Waals surface area contributed by atoms with Gasteiger partial charge in [-0.1, -0.05) is 87.4 Å². The minimum atomic E-state index is -0.101. The highest BCUT2D eigenvalue weighted by Crippen LogP contribution is 2.30. The maximum absolute atomic E-state index is 11.8. The first-order chi connectivity index (χ1) is 11.1. The Kier molecular flexibility index (Phi) is 8.72. The maximum atomic E-state index is 11.8. The molecule has 0 saturated carbocycles. The van der Waals surface area contributed by atoms with Crippen LogP contribution in [0, 0.1) is 5.41 Å². The Morgan fingerprint density at radius 1 is 1.00 bits per heavy atom. The number of carbonyl (C=O) groups is 1. The van der Waals surface area contributed by atoms with Crippen LogP contribution >= 0.6 is 21.6 Å². The van der Waals surface area contributed by atoms with Crippen molar-refractivity contribution in [3.05, 3.63) is 35.4 Å². The summed E-state index contributed by atoms with van der Waals surface area (Å²) in [7, 11) is 3.74. The molecule has 0 aliphatic carbocycles. The van der Waals surface area contributed by atoms with E-state index in [-0.39, 0.29) is 11.4 Å². The van der Waals surface area contributed by atoms with Crippen molar-refractivity contribution in [1.82, 2.24) is 0 Å². The lowest BCUT2D eigenvalue weighted by molar-refractivity contribution is -0.144. The van der Waals surface area contributed by atoms with Gasteiger partial charge in [0.1, 0.15) is 6.61 Å². The Bertz CT molecular complexity index is 496. The van der Waals surface area contributed by atoms with Crippen LogP contribution in [0.1, 0.15) is 65.5 Å². The van der Waals surface area contributed by atoms with E-state index in [0.29, 0.717) is 18.4 Å². The molecule has 0 fully saturated rings.